The summed E-state index contributed by atoms with van der Waals surface area (Å²) in [5.41, 5.74) is 2.32. The molecule has 0 atom stereocenters. The Balaban J connectivity index is 2.07. The summed E-state index contributed by atoms with van der Waals surface area (Å²) in [6.45, 7) is 2.01. The Morgan fingerprint density at radius 3 is 2.50 bits per heavy atom. The number of anilines is 1. The van der Waals surface area contributed by atoms with Gasteiger partial charge >= 0.3 is 0 Å². The number of para-hydroxylation sites is 1. The number of hydrogen-bond acceptors (Lipinski definition) is 4. The molecule has 0 fully saturated rings. The van der Waals surface area contributed by atoms with Crippen LogP contribution in [0.15, 0.2) is 42.5 Å². The number of ketones is 1. The van der Waals surface area contributed by atoms with Crippen molar-refractivity contribution in [2.75, 3.05) is 12.4 Å². The van der Waals surface area contributed by atoms with E-state index in [0.29, 0.717) is 17.9 Å². The first-order valence-corrected chi connectivity index (χ1v) is 6.31. The third-order valence-electron chi connectivity index (χ3n) is 3.08. The molecule has 2 rings (SSSR count). The van der Waals surface area contributed by atoms with Gasteiger partial charge in [0.2, 0.25) is 0 Å². The Morgan fingerprint density at radius 1 is 1.20 bits per heavy atom. The lowest BCUT2D eigenvalue weighted by Crippen LogP contribution is -2.01. The van der Waals surface area contributed by atoms with E-state index in [9.17, 15) is 9.90 Å². The average molecular weight is 271 g/mol. The predicted octanol–water partition coefficient (Wildman–Crippen LogP) is 3.22. The van der Waals surface area contributed by atoms with Crippen molar-refractivity contribution >= 4 is 11.5 Å². The summed E-state index contributed by atoms with van der Waals surface area (Å²) in [4.78, 5) is 11.2. The van der Waals surface area contributed by atoms with E-state index in [4.69, 9.17) is 4.74 Å². The largest absolute Gasteiger partial charge is 0.504 e. The van der Waals surface area contributed by atoms with E-state index >= 15 is 0 Å². The van der Waals surface area contributed by atoms with Crippen LogP contribution >= 0.6 is 0 Å². The van der Waals surface area contributed by atoms with Gasteiger partial charge in [0, 0.05) is 23.4 Å². The molecule has 0 spiro atoms. The number of phenols is 1. The molecule has 0 unspecified atom stereocenters. The lowest BCUT2D eigenvalue weighted by Gasteiger charge is -2.11. The summed E-state index contributed by atoms with van der Waals surface area (Å²) < 4.78 is 5.06. The van der Waals surface area contributed by atoms with Gasteiger partial charge in [-0.3, -0.25) is 4.79 Å². The molecule has 0 heterocycles. The zero-order valence-electron chi connectivity index (χ0n) is 11.5. The zero-order chi connectivity index (χ0) is 14.5. The molecule has 0 aromatic heterocycles. The molecule has 4 nitrogen and oxygen atoms in total. The van der Waals surface area contributed by atoms with Crippen LogP contribution in [-0.4, -0.2) is 18.0 Å². The van der Waals surface area contributed by atoms with Crippen molar-refractivity contribution in [2.24, 2.45) is 0 Å². The summed E-state index contributed by atoms with van der Waals surface area (Å²) in [5.74, 6) is 0.640. The highest BCUT2D eigenvalue weighted by Crippen LogP contribution is 2.29. The lowest BCUT2D eigenvalue weighted by molar-refractivity contribution is 0.101. The van der Waals surface area contributed by atoms with Crippen molar-refractivity contribution in [3.05, 3.63) is 53.6 Å². The first-order chi connectivity index (χ1) is 9.61. The molecule has 0 bridgehead atoms. The molecule has 2 aromatic carbocycles. The van der Waals surface area contributed by atoms with Crippen molar-refractivity contribution in [3.8, 4) is 11.5 Å². The topological polar surface area (TPSA) is 58.6 Å². The SMILES string of the molecule is COc1cccc(CNc2ccc(C(C)=O)cc2)c1O. The van der Waals surface area contributed by atoms with E-state index in [1.807, 2.05) is 24.3 Å². The fourth-order valence-corrected chi connectivity index (χ4v) is 1.90. The van der Waals surface area contributed by atoms with E-state index in [1.165, 1.54) is 14.0 Å². The predicted molar refractivity (Wildman–Crippen MR) is 78.4 cm³/mol. The quantitative estimate of drug-likeness (QED) is 0.820. The number of aromatic hydroxyl groups is 1. The molecule has 0 amide bonds. The van der Waals surface area contributed by atoms with Gasteiger partial charge in [-0.1, -0.05) is 12.1 Å². The summed E-state index contributed by atoms with van der Waals surface area (Å²) in [6.07, 6.45) is 0. The molecule has 0 aliphatic heterocycles. The number of hydrogen-bond donors (Lipinski definition) is 2. The summed E-state index contributed by atoms with van der Waals surface area (Å²) >= 11 is 0. The van der Waals surface area contributed by atoms with Gasteiger partial charge in [0.25, 0.3) is 0 Å². The lowest BCUT2D eigenvalue weighted by atomic mass is 10.1. The standard InChI is InChI=1S/C16H17NO3/c1-11(18)12-6-8-14(9-7-12)17-10-13-4-3-5-15(20-2)16(13)19/h3-9,17,19H,10H2,1-2H3. The minimum Gasteiger partial charge on any atom is -0.504 e. The third kappa shape index (κ3) is 3.09. The molecule has 0 aliphatic carbocycles. The highest BCUT2D eigenvalue weighted by molar-refractivity contribution is 5.94. The Morgan fingerprint density at radius 2 is 1.90 bits per heavy atom. The average Bonchev–Trinajstić information content (AvgIpc) is 2.46. The maximum Gasteiger partial charge on any atom is 0.162 e. The Kier molecular flexibility index (Phi) is 4.25. The number of rotatable bonds is 5. The van der Waals surface area contributed by atoms with Crippen LogP contribution in [0.25, 0.3) is 0 Å². The van der Waals surface area contributed by atoms with Gasteiger partial charge in [0.1, 0.15) is 0 Å². The minimum atomic E-state index is 0.0435. The Bertz CT molecular complexity index is 606. The number of carbonyl (C=O) groups is 1. The molecule has 4 heteroatoms. The molecule has 0 aliphatic rings. The Labute approximate surface area is 118 Å². The number of methoxy groups -OCH3 is 1. The molecular formula is C16H17NO3. The van der Waals surface area contributed by atoms with E-state index in [0.717, 1.165) is 11.3 Å². The fourth-order valence-electron chi connectivity index (χ4n) is 1.90. The van der Waals surface area contributed by atoms with Crippen molar-refractivity contribution in [2.45, 2.75) is 13.5 Å². The van der Waals surface area contributed by atoms with Crippen LogP contribution in [0.1, 0.15) is 22.8 Å². The number of ether oxygens (including phenoxy) is 1. The number of carbonyl (C=O) groups excluding carboxylic acids is 1. The Hall–Kier alpha value is -2.49. The van der Waals surface area contributed by atoms with Crippen LogP contribution in [0.3, 0.4) is 0 Å². The van der Waals surface area contributed by atoms with E-state index in [-0.39, 0.29) is 11.5 Å². The second-order valence-electron chi connectivity index (χ2n) is 4.46. The number of phenolic OH excluding ortho intramolecular Hbond substituents is 1. The van der Waals surface area contributed by atoms with Gasteiger partial charge < -0.3 is 15.2 Å². The fraction of sp³-hybridized carbons (Fsp3) is 0.188. The van der Waals surface area contributed by atoms with E-state index in [2.05, 4.69) is 5.32 Å². The summed E-state index contributed by atoms with van der Waals surface area (Å²) in [6, 6.07) is 12.6. The first-order valence-electron chi connectivity index (χ1n) is 6.31. The first kappa shape index (κ1) is 13.9. The van der Waals surface area contributed by atoms with Crippen LogP contribution in [-0.2, 0) is 6.54 Å². The third-order valence-corrected chi connectivity index (χ3v) is 3.08. The highest BCUT2D eigenvalue weighted by atomic mass is 16.5. The van der Waals surface area contributed by atoms with Crippen molar-refractivity contribution in [1.82, 2.24) is 0 Å². The van der Waals surface area contributed by atoms with E-state index < -0.39 is 0 Å². The number of nitrogens with one attached hydrogen (secondary N) is 1. The molecular weight excluding hydrogens is 254 g/mol. The number of Topliss-reactive ketones (excluding diaryl/α,β-unsaturated/α-hetero) is 1. The highest BCUT2D eigenvalue weighted by Gasteiger charge is 2.07. The summed E-state index contributed by atoms with van der Waals surface area (Å²) in [7, 11) is 1.52. The van der Waals surface area contributed by atoms with Crippen LogP contribution < -0.4 is 10.1 Å². The molecule has 2 aromatic rings. The van der Waals surface area contributed by atoms with Crippen molar-refractivity contribution < 1.29 is 14.6 Å². The van der Waals surface area contributed by atoms with Gasteiger partial charge in [-0.05, 0) is 37.3 Å². The van der Waals surface area contributed by atoms with Gasteiger partial charge in [-0.25, -0.2) is 0 Å². The smallest absolute Gasteiger partial charge is 0.162 e. The number of benzene rings is 2. The van der Waals surface area contributed by atoms with Gasteiger partial charge in [-0.2, -0.15) is 0 Å². The van der Waals surface area contributed by atoms with Crippen LogP contribution in [0, 0.1) is 0 Å². The van der Waals surface area contributed by atoms with Crippen LogP contribution in [0.5, 0.6) is 11.5 Å². The molecule has 104 valence electrons. The monoisotopic (exact) mass is 271 g/mol. The minimum absolute atomic E-state index is 0.0435. The molecule has 0 radical (unpaired) electrons. The van der Waals surface area contributed by atoms with Gasteiger partial charge in [0.15, 0.2) is 17.3 Å². The molecule has 20 heavy (non-hydrogen) atoms. The van der Waals surface area contributed by atoms with Crippen molar-refractivity contribution in [1.29, 1.82) is 0 Å². The molecule has 2 N–H and O–H groups in total. The molecule has 0 saturated carbocycles. The summed E-state index contributed by atoms with van der Waals surface area (Å²) in [5, 5.41) is 13.2. The normalized spacial score (nSPS) is 10.1. The maximum absolute atomic E-state index is 11.2. The van der Waals surface area contributed by atoms with Crippen LogP contribution in [0.2, 0.25) is 0 Å². The molecule has 0 saturated heterocycles. The van der Waals surface area contributed by atoms with Gasteiger partial charge in [0.05, 0.1) is 7.11 Å². The zero-order valence-corrected chi connectivity index (χ0v) is 11.5. The van der Waals surface area contributed by atoms with E-state index in [1.54, 1.807) is 18.2 Å². The van der Waals surface area contributed by atoms with Crippen molar-refractivity contribution in [3.63, 3.8) is 0 Å². The van der Waals surface area contributed by atoms with Crippen LogP contribution in [0.4, 0.5) is 5.69 Å². The van der Waals surface area contributed by atoms with Gasteiger partial charge in [-0.15, -0.1) is 0 Å². The maximum atomic E-state index is 11.2. The second-order valence-corrected chi connectivity index (χ2v) is 4.46. The second kappa shape index (κ2) is 6.10.